The molecule has 7 heteroatoms. The Labute approximate surface area is 175 Å². The maximum atomic E-state index is 12.4. The molecule has 0 saturated heterocycles. The second-order valence-electron chi connectivity index (χ2n) is 7.81. The largest absolute Gasteiger partial charge is 0.480 e. The molecular formula is C21H24N2O3S2. The molecule has 1 aliphatic carbocycles. The number of anilines is 1. The fourth-order valence-electron chi connectivity index (χ4n) is 5.03. The number of hydrogen-bond donors (Lipinski definition) is 2. The number of hydrogen-bond acceptors (Lipinski definition) is 4. The number of carbonyl (C=O) groups is 2. The minimum absolute atomic E-state index is 0.0400. The molecule has 3 aliphatic rings. The zero-order chi connectivity index (χ0) is 19.8. The van der Waals surface area contributed by atoms with Crippen molar-refractivity contribution in [1.29, 1.82) is 0 Å². The SMILES string of the molecule is O=C(O)CN(C(=O)/C=C/c1cc2c3c(c1)C1CCCCC1N3CCC2)C(=S)S. The molecule has 4 rings (SSSR count). The zero-order valence-electron chi connectivity index (χ0n) is 15.6. The predicted octanol–water partition coefficient (Wildman–Crippen LogP) is 3.62. The van der Waals surface area contributed by atoms with Crippen LogP contribution in [0.3, 0.4) is 0 Å². The molecule has 148 valence electrons. The Hall–Kier alpha value is -1.86. The van der Waals surface area contributed by atoms with E-state index in [9.17, 15) is 9.59 Å². The second-order valence-corrected chi connectivity index (χ2v) is 8.92. The van der Waals surface area contributed by atoms with Gasteiger partial charge < -0.3 is 10.0 Å². The van der Waals surface area contributed by atoms with Gasteiger partial charge in [0.15, 0.2) is 0 Å². The van der Waals surface area contributed by atoms with Crippen molar-refractivity contribution in [3.63, 3.8) is 0 Å². The van der Waals surface area contributed by atoms with Gasteiger partial charge in [-0.1, -0.05) is 25.1 Å². The summed E-state index contributed by atoms with van der Waals surface area (Å²) in [6.07, 6.45) is 10.5. The first-order valence-corrected chi connectivity index (χ1v) is 10.7. The predicted molar refractivity (Wildman–Crippen MR) is 117 cm³/mol. The van der Waals surface area contributed by atoms with Gasteiger partial charge in [0, 0.05) is 30.3 Å². The van der Waals surface area contributed by atoms with Gasteiger partial charge >= 0.3 is 5.97 Å². The molecule has 1 fully saturated rings. The summed E-state index contributed by atoms with van der Waals surface area (Å²) in [6, 6.07) is 5.03. The fraction of sp³-hybridized carbons (Fsp3) is 0.476. The standard InChI is InChI=1S/C21H24N2O3S2/c24-18(23(21(27)28)12-19(25)26)8-7-13-10-14-4-3-9-22-17-6-2-1-5-15(17)16(11-13)20(14)22/h7-8,10-11,15,17H,1-6,9,12H2,(H,25,26)(H,27,28)/b8-7+. The van der Waals surface area contributed by atoms with Crippen LogP contribution in [0.15, 0.2) is 18.2 Å². The van der Waals surface area contributed by atoms with Gasteiger partial charge in [-0.3, -0.25) is 14.5 Å². The van der Waals surface area contributed by atoms with Gasteiger partial charge in [-0.15, -0.1) is 12.6 Å². The Balaban J connectivity index is 1.62. The van der Waals surface area contributed by atoms with Gasteiger partial charge in [0.2, 0.25) is 0 Å². The average Bonchev–Trinajstić information content (AvgIpc) is 3.00. The number of thiocarbonyl (C=S) groups is 1. The molecule has 1 aromatic carbocycles. The van der Waals surface area contributed by atoms with Crippen LogP contribution in [0.5, 0.6) is 0 Å². The molecule has 2 unspecified atom stereocenters. The monoisotopic (exact) mass is 416 g/mol. The molecular weight excluding hydrogens is 392 g/mol. The van der Waals surface area contributed by atoms with Crippen LogP contribution in [0.2, 0.25) is 0 Å². The maximum absolute atomic E-state index is 12.4. The number of thiol groups is 1. The Bertz CT molecular complexity index is 867. The van der Waals surface area contributed by atoms with Crippen LogP contribution in [-0.4, -0.2) is 45.3 Å². The first-order valence-electron chi connectivity index (χ1n) is 9.83. The van der Waals surface area contributed by atoms with Crippen molar-refractivity contribution in [2.24, 2.45) is 0 Å². The number of amides is 1. The summed E-state index contributed by atoms with van der Waals surface area (Å²) in [4.78, 5) is 27.0. The summed E-state index contributed by atoms with van der Waals surface area (Å²) in [7, 11) is 0. The number of carboxylic acids is 1. The van der Waals surface area contributed by atoms with Gasteiger partial charge in [0.1, 0.15) is 10.9 Å². The van der Waals surface area contributed by atoms with Crippen molar-refractivity contribution in [3.05, 3.63) is 34.9 Å². The van der Waals surface area contributed by atoms with E-state index in [0.29, 0.717) is 12.0 Å². The number of aryl methyl sites for hydroxylation is 1. The van der Waals surface area contributed by atoms with E-state index in [2.05, 4.69) is 29.7 Å². The molecule has 0 bridgehead atoms. The number of carboxylic acid groups (broad SMARTS) is 1. The third-order valence-corrected chi connectivity index (χ3v) is 6.57. The normalized spacial score (nSPS) is 22.7. The lowest BCUT2D eigenvalue weighted by molar-refractivity contribution is -0.140. The van der Waals surface area contributed by atoms with Crippen molar-refractivity contribution in [2.45, 2.75) is 50.5 Å². The minimum atomic E-state index is -1.12. The van der Waals surface area contributed by atoms with E-state index in [1.165, 1.54) is 55.0 Å². The average molecular weight is 417 g/mol. The Kier molecular flexibility index (Phi) is 5.47. The Morgan fingerprint density at radius 3 is 2.82 bits per heavy atom. The van der Waals surface area contributed by atoms with Crippen LogP contribution >= 0.6 is 24.8 Å². The van der Waals surface area contributed by atoms with Crippen LogP contribution in [0.4, 0.5) is 5.69 Å². The molecule has 5 nitrogen and oxygen atoms in total. The van der Waals surface area contributed by atoms with E-state index in [1.807, 2.05) is 0 Å². The summed E-state index contributed by atoms with van der Waals surface area (Å²) < 4.78 is -0.0400. The van der Waals surface area contributed by atoms with E-state index in [0.717, 1.165) is 23.4 Å². The van der Waals surface area contributed by atoms with E-state index >= 15 is 0 Å². The van der Waals surface area contributed by atoms with Crippen molar-refractivity contribution >= 4 is 52.8 Å². The Morgan fingerprint density at radius 2 is 2.07 bits per heavy atom. The van der Waals surface area contributed by atoms with E-state index < -0.39 is 18.4 Å². The first kappa shape index (κ1) is 19.5. The van der Waals surface area contributed by atoms with Crippen molar-refractivity contribution < 1.29 is 14.7 Å². The summed E-state index contributed by atoms with van der Waals surface area (Å²) >= 11 is 8.87. The van der Waals surface area contributed by atoms with Gasteiger partial charge in [-0.2, -0.15) is 0 Å². The van der Waals surface area contributed by atoms with Crippen molar-refractivity contribution in [1.82, 2.24) is 4.90 Å². The molecule has 0 aromatic heterocycles. The number of fused-ring (bicyclic) bond motifs is 3. The van der Waals surface area contributed by atoms with Crippen molar-refractivity contribution in [2.75, 3.05) is 18.0 Å². The lowest BCUT2D eigenvalue weighted by Gasteiger charge is -2.36. The second kappa shape index (κ2) is 7.87. The molecule has 28 heavy (non-hydrogen) atoms. The van der Waals surface area contributed by atoms with Gasteiger partial charge in [-0.25, -0.2) is 0 Å². The van der Waals surface area contributed by atoms with E-state index in [-0.39, 0.29) is 4.32 Å². The first-order chi connectivity index (χ1) is 13.5. The van der Waals surface area contributed by atoms with Gasteiger partial charge in [0.25, 0.3) is 5.91 Å². The molecule has 1 N–H and O–H groups in total. The molecule has 0 spiro atoms. The number of rotatable bonds is 4. The molecule has 1 saturated carbocycles. The topological polar surface area (TPSA) is 60.9 Å². The summed E-state index contributed by atoms with van der Waals surface area (Å²) in [5.41, 5.74) is 5.24. The van der Waals surface area contributed by atoms with Crippen LogP contribution in [0.25, 0.3) is 6.08 Å². The van der Waals surface area contributed by atoms with Crippen LogP contribution in [-0.2, 0) is 16.0 Å². The number of nitrogens with zero attached hydrogens (tertiary/aromatic N) is 2. The maximum Gasteiger partial charge on any atom is 0.323 e. The highest BCUT2D eigenvalue weighted by Gasteiger charge is 2.41. The van der Waals surface area contributed by atoms with Crippen LogP contribution in [0, 0.1) is 0 Å². The quantitative estimate of drug-likeness (QED) is 0.446. The lowest BCUT2D eigenvalue weighted by atomic mass is 9.82. The zero-order valence-corrected chi connectivity index (χ0v) is 17.3. The molecule has 2 heterocycles. The summed E-state index contributed by atoms with van der Waals surface area (Å²) in [5.74, 6) is -0.990. The molecule has 2 atom stereocenters. The van der Waals surface area contributed by atoms with E-state index in [4.69, 9.17) is 17.3 Å². The van der Waals surface area contributed by atoms with Crippen molar-refractivity contribution in [3.8, 4) is 0 Å². The highest BCUT2D eigenvalue weighted by Crippen LogP contribution is 2.51. The fourth-order valence-corrected chi connectivity index (χ4v) is 5.35. The third-order valence-electron chi connectivity index (χ3n) is 6.11. The number of carbonyl (C=O) groups excluding carboxylic acids is 1. The molecule has 1 aromatic rings. The highest BCUT2D eigenvalue weighted by molar-refractivity contribution is 8.11. The smallest absolute Gasteiger partial charge is 0.323 e. The van der Waals surface area contributed by atoms with Gasteiger partial charge in [0.05, 0.1) is 0 Å². The van der Waals surface area contributed by atoms with Crippen LogP contribution < -0.4 is 4.90 Å². The number of benzene rings is 1. The third kappa shape index (κ3) is 3.57. The summed E-state index contributed by atoms with van der Waals surface area (Å²) in [5, 5.41) is 8.97. The molecule has 1 amide bonds. The number of aliphatic carboxylic acids is 1. The summed E-state index contributed by atoms with van der Waals surface area (Å²) in [6.45, 7) is 0.665. The molecule has 2 aliphatic heterocycles. The molecule has 0 radical (unpaired) electrons. The van der Waals surface area contributed by atoms with Gasteiger partial charge in [-0.05, 0) is 60.6 Å². The van der Waals surface area contributed by atoms with E-state index in [1.54, 1.807) is 6.08 Å². The minimum Gasteiger partial charge on any atom is -0.480 e. The Morgan fingerprint density at radius 1 is 1.29 bits per heavy atom. The van der Waals surface area contributed by atoms with Crippen LogP contribution in [0.1, 0.15) is 54.7 Å². The lowest BCUT2D eigenvalue weighted by Crippen LogP contribution is -2.38. The highest BCUT2D eigenvalue weighted by atomic mass is 32.1.